The Morgan fingerprint density at radius 2 is 0.862 bits per heavy atom. The van der Waals surface area contributed by atoms with Crippen molar-refractivity contribution in [1.29, 1.82) is 0 Å². The third kappa shape index (κ3) is 5.88. The van der Waals surface area contributed by atoms with Gasteiger partial charge in [0.1, 0.15) is 0 Å². The lowest BCUT2D eigenvalue weighted by Gasteiger charge is -2.24. The van der Waals surface area contributed by atoms with E-state index in [1.165, 1.54) is 0 Å². The molecule has 7 nitrogen and oxygen atoms in total. The molecule has 0 fully saturated rings. The molecule has 2 aromatic carbocycles. The molecule has 1 N–H and O–H groups in total. The van der Waals surface area contributed by atoms with Crippen LogP contribution in [0.4, 0.5) is 22.7 Å². The standard InChI is InChI=1S/C22H33N7/c1-26(2)21(27(3)4)24-19-15-11-9-13-17(19)23-18-14-10-12-16-20(18)25-22(28(5)6)29(7)8/h9-16,23H,1-8H3. The number of nitrogens with one attached hydrogen (secondary N) is 1. The predicted octanol–water partition coefficient (Wildman–Crippen LogP) is 3.65. The number of anilines is 2. The van der Waals surface area contributed by atoms with Gasteiger partial charge in [-0.1, -0.05) is 24.3 Å². The fraction of sp³-hybridized carbons (Fsp3) is 0.364. The summed E-state index contributed by atoms with van der Waals surface area (Å²) in [5.41, 5.74) is 3.58. The highest BCUT2D eigenvalue weighted by molar-refractivity contribution is 5.88. The van der Waals surface area contributed by atoms with Gasteiger partial charge in [-0.15, -0.1) is 0 Å². The Bertz CT molecular complexity index is 775. The van der Waals surface area contributed by atoms with Crippen molar-refractivity contribution in [2.75, 3.05) is 61.7 Å². The van der Waals surface area contributed by atoms with E-state index in [1.807, 2.05) is 125 Å². The highest BCUT2D eigenvalue weighted by Crippen LogP contribution is 2.33. The van der Waals surface area contributed by atoms with Gasteiger partial charge in [0.2, 0.25) is 11.9 Å². The minimum Gasteiger partial charge on any atom is -0.352 e. The largest absolute Gasteiger partial charge is 0.352 e. The predicted molar refractivity (Wildman–Crippen MR) is 125 cm³/mol. The maximum Gasteiger partial charge on any atom is 0.200 e. The Hall–Kier alpha value is -3.22. The molecule has 0 heterocycles. The van der Waals surface area contributed by atoms with Gasteiger partial charge in [-0.3, -0.25) is 0 Å². The number of hydrogen-bond donors (Lipinski definition) is 1. The van der Waals surface area contributed by atoms with Crippen LogP contribution in [0.1, 0.15) is 0 Å². The Labute approximate surface area is 175 Å². The third-order valence-corrected chi connectivity index (χ3v) is 4.12. The first-order valence-corrected chi connectivity index (χ1v) is 9.52. The summed E-state index contributed by atoms with van der Waals surface area (Å²) in [4.78, 5) is 17.7. The quantitative estimate of drug-likeness (QED) is 0.633. The molecule has 156 valence electrons. The van der Waals surface area contributed by atoms with Gasteiger partial charge in [-0.05, 0) is 24.3 Å². The van der Waals surface area contributed by atoms with E-state index in [4.69, 9.17) is 9.98 Å². The lowest BCUT2D eigenvalue weighted by molar-refractivity contribution is 0.484. The molecule has 0 amide bonds. The molecule has 0 aromatic heterocycles. The summed E-state index contributed by atoms with van der Waals surface area (Å²) in [5, 5.41) is 3.52. The highest BCUT2D eigenvalue weighted by atomic mass is 15.3. The van der Waals surface area contributed by atoms with Crippen LogP contribution in [0.2, 0.25) is 0 Å². The fourth-order valence-electron chi connectivity index (χ4n) is 2.91. The highest BCUT2D eigenvalue weighted by Gasteiger charge is 2.11. The number of benzene rings is 2. The molecule has 0 saturated heterocycles. The van der Waals surface area contributed by atoms with Crippen molar-refractivity contribution < 1.29 is 0 Å². The molecular weight excluding hydrogens is 362 g/mol. The van der Waals surface area contributed by atoms with Gasteiger partial charge >= 0.3 is 0 Å². The minimum absolute atomic E-state index is 0.865. The molecule has 0 aliphatic heterocycles. The van der Waals surface area contributed by atoms with Crippen molar-refractivity contribution >= 4 is 34.7 Å². The first-order chi connectivity index (χ1) is 13.7. The average molecular weight is 396 g/mol. The van der Waals surface area contributed by atoms with Crippen molar-refractivity contribution in [2.24, 2.45) is 9.98 Å². The summed E-state index contributed by atoms with van der Waals surface area (Å²) in [5.74, 6) is 1.74. The van der Waals surface area contributed by atoms with E-state index in [-0.39, 0.29) is 0 Å². The van der Waals surface area contributed by atoms with Crippen LogP contribution in [-0.4, -0.2) is 87.9 Å². The molecule has 0 atom stereocenters. The number of para-hydroxylation sites is 4. The van der Waals surface area contributed by atoms with Crippen molar-refractivity contribution in [3.63, 3.8) is 0 Å². The number of hydrogen-bond acceptors (Lipinski definition) is 3. The minimum atomic E-state index is 0.865. The Morgan fingerprint density at radius 1 is 0.552 bits per heavy atom. The topological polar surface area (TPSA) is 49.7 Å². The second-order valence-electron chi connectivity index (χ2n) is 7.56. The monoisotopic (exact) mass is 395 g/mol. The maximum absolute atomic E-state index is 4.85. The van der Waals surface area contributed by atoms with Gasteiger partial charge < -0.3 is 24.9 Å². The van der Waals surface area contributed by atoms with Gasteiger partial charge in [-0.25, -0.2) is 9.98 Å². The number of rotatable bonds is 4. The van der Waals surface area contributed by atoms with Gasteiger partial charge in [0.25, 0.3) is 0 Å². The summed E-state index contributed by atoms with van der Waals surface area (Å²) < 4.78 is 0. The molecule has 2 aromatic rings. The van der Waals surface area contributed by atoms with Crippen LogP contribution in [0.3, 0.4) is 0 Å². The van der Waals surface area contributed by atoms with Gasteiger partial charge in [0, 0.05) is 56.4 Å². The van der Waals surface area contributed by atoms with Crippen LogP contribution >= 0.6 is 0 Å². The van der Waals surface area contributed by atoms with Crippen LogP contribution in [0.5, 0.6) is 0 Å². The van der Waals surface area contributed by atoms with Crippen LogP contribution in [0.15, 0.2) is 58.5 Å². The molecule has 7 heteroatoms. The first kappa shape index (κ1) is 22.1. The van der Waals surface area contributed by atoms with Gasteiger partial charge in [0.05, 0.1) is 22.7 Å². The number of guanidine groups is 2. The summed E-state index contributed by atoms with van der Waals surface area (Å²) in [6.07, 6.45) is 0. The molecule has 29 heavy (non-hydrogen) atoms. The van der Waals surface area contributed by atoms with Crippen LogP contribution < -0.4 is 5.32 Å². The fourth-order valence-corrected chi connectivity index (χ4v) is 2.91. The van der Waals surface area contributed by atoms with Crippen molar-refractivity contribution in [1.82, 2.24) is 19.6 Å². The van der Waals surface area contributed by atoms with E-state index in [0.717, 1.165) is 34.7 Å². The molecule has 0 radical (unpaired) electrons. The SMILES string of the molecule is CN(C)C(=Nc1ccccc1Nc1ccccc1N=C(N(C)C)N(C)C)N(C)C. The number of aliphatic imine (C=N–C) groups is 2. The molecule has 0 bridgehead atoms. The van der Waals surface area contributed by atoms with Crippen LogP contribution in [-0.2, 0) is 0 Å². The summed E-state index contributed by atoms with van der Waals surface area (Å²) in [6.45, 7) is 0. The molecule has 2 rings (SSSR count). The maximum atomic E-state index is 4.85. The van der Waals surface area contributed by atoms with Gasteiger partial charge in [0.15, 0.2) is 0 Å². The Balaban J connectivity index is 2.47. The lowest BCUT2D eigenvalue weighted by Crippen LogP contribution is -2.35. The van der Waals surface area contributed by atoms with Crippen molar-refractivity contribution in [3.05, 3.63) is 48.5 Å². The zero-order valence-corrected chi connectivity index (χ0v) is 18.8. The van der Waals surface area contributed by atoms with Gasteiger partial charge in [-0.2, -0.15) is 0 Å². The van der Waals surface area contributed by atoms with E-state index in [2.05, 4.69) is 5.32 Å². The molecule has 0 unspecified atom stereocenters. The van der Waals surface area contributed by atoms with E-state index in [0.29, 0.717) is 0 Å². The van der Waals surface area contributed by atoms with Crippen molar-refractivity contribution in [2.45, 2.75) is 0 Å². The zero-order valence-electron chi connectivity index (χ0n) is 18.8. The van der Waals surface area contributed by atoms with E-state index in [1.54, 1.807) is 0 Å². The summed E-state index contributed by atoms with van der Waals surface area (Å²) in [7, 11) is 15.9. The van der Waals surface area contributed by atoms with E-state index >= 15 is 0 Å². The van der Waals surface area contributed by atoms with Crippen molar-refractivity contribution in [3.8, 4) is 0 Å². The Morgan fingerprint density at radius 3 is 1.17 bits per heavy atom. The first-order valence-electron chi connectivity index (χ1n) is 9.52. The smallest absolute Gasteiger partial charge is 0.200 e. The molecule has 0 saturated carbocycles. The normalized spacial score (nSPS) is 10.1. The lowest BCUT2D eigenvalue weighted by atomic mass is 10.2. The third-order valence-electron chi connectivity index (χ3n) is 4.12. The van der Waals surface area contributed by atoms with E-state index in [9.17, 15) is 0 Å². The second kappa shape index (κ2) is 9.82. The molecule has 0 aliphatic carbocycles. The average Bonchev–Trinajstić information content (AvgIpc) is 2.65. The number of nitrogens with zero attached hydrogens (tertiary/aromatic N) is 6. The Kier molecular flexibility index (Phi) is 7.47. The van der Waals surface area contributed by atoms with Crippen LogP contribution in [0, 0.1) is 0 Å². The molecular formula is C22H33N7. The van der Waals surface area contributed by atoms with E-state index < -0.39 is 0 Å². The summed E-state index contributed by atoms with van der Waals surface area (Å²) in [6, 6.07) is 16.1. The zero-order chi connectivity index (χ0) is 21.6. The summed E-state index contributed by atoms with van der Waals surface area (Å²) >= 11 is 0. The van der Waals surface area contributed by atoms with Crippen LogP contribution in [0.25, 0.3) is 0 Å². The molecule has 0 aliphatic rings. The second-order valence-corrected chi connectivity index (χ2v) is 7.56. The molecule has 0 spiro atoms.